The molecule has 7 nitrogen and oxygen atoms in total. The average molecular weight is 349 g/mol. The molecule has 0 aliphatic carbocycles. The number of piperidine rings is 1. The normalized spacial score (nSPS) is 17.6. The molecular weight excluding hydrogens is 318 g/mol. The molecule has 1 fully saturated rings. The van der Waals surface area contributed by atoms with Gasteiger partial charge in [-0.1, -0.05) is 0 Å². The number of nitrogens with one attached hydrogen (secondary N) is 1. The van der Waals surface area contributed by atoms with Crippen LogP contribution in [0.2, 0.25) is 0 Å². The minimum atomic E-state index is -3.14. The number of hydrogen-bond donors (Lipinski definition) is 1. The van der Waals surface area contributed by atoms with Crippen molar-refractivity contribution in [3.8, 4) is 0 Å². The summed E-state index contributed by atoms with van der Waals surface area (Å²) in [5.74, 6) is 0.576. The predicted octanol–water partition coefficient (Wildman–Crippen LogP) is 1.11. The number of ether oxygens (including phenoxy) is 1. The summed E-state index contributed by atoms with van der Waals surface area (Å²) in [6.45, 7) is 8.21. The van der Waals surface area contributed by atoms with E-state index in [4.69, 9.17) is 4.74 Å². The van der Waals surface area contributed by atoms with Crippen molar-refractivity contribution in [2.24, 2.45) is 5.92 Å². The molecule has 0 aromatic rings. The Morgan fingerprint density at radius 3 is 2.30 bits per heavy atom. The number of likely N-dealkylation sites (tertiary alicyclic amines) is 1. The molecule has 0 aromatic carbocycles. The van der Waals surface area contributed by atoms with E-state index in [-0.39, 0.29) is 11.8 Å². The summed E-state index contributed by atoms with van der Waals surface area (Å²) in [6, 6.07) is 0. The third-order valence-electron chi connectivity index (χ3n) is 3.79. The van der Waals surface area contributed by atoms with Gasteiger partial charge >= 0.3 is 6.09 Å². The maximum Gasteiger partial charge on any atom is 0.410 e. The van der Waals surface area contributed by atoms with Gasteiger partial charge < -0.3 is 15.0 Å². The molecule has 8 heteroatoms. The first-order valence-corrected chi connectivity index (χ1v) is 9.71. The van der Waals surface area contributed by atoms with Gasteiger partial charge in [-0.05, 0) is 46.1 Å². The van der Waals surface area contributed by atoms with Crippen molar-refractivity contribution in [3.05, 3.63) is 0 Å². The first-order chi connectivity index (χ1) is 10.5. The second-order valence-corrected chi connectivity index (χ2v) is 9.52. The Labute approximate surface area is 140 Å². The molecule has 0 radical (unpaired) electrons. The van der Waals surface area contributed by atoms with Gasteiger partial charge in [0.05, 0.1) is 5.75 Å². The topological polar surface area (TPSA) is 79.0 Å². The van der Waals surface area contributed by atoms with E-state index in [2.05, 4.69) is 5.32 Å². The molecule has 1 aliphatic rings. The minimum absolute atomic E-state index is 0.108. The summed E-state index contributed by atoms with van der Waals surface area (Å²) in [6.07, 6.45) is 1.57. The van der Waals surface area contributed by atoms with Crippen LogP contribution in [0.1, 0.15) is 33.6 Å². The molecule has 1 rings (SSSR count). The summed E-state index contributed by atoms with van der Waals surface area (Å²) < 4.78 is 29.9. The second kappa shape index (κ2) is 8.30. The van der Waals surface area contributed by atoms with Gasteiger partial charge in [0.2, 0.25) is 10.0 Å². The third-order valence-corrected chi connectivity index (χ3v) is 5.63. The fourth-order valence-electron chi connectivity index (χ4n) is 2.34. The van der Waals surface area contributed by atoms with Crippen LogP contribution in [-0.2, 0) is 14.8 Å². The number of rotatable bonds is 6. The van der Waals surface area contributed by atoms with Crippen LogP contribution in [0.4, 0.5) is 4.79 Å². The van der Waals surface area contributed by atoms with Crippen LogP contribution in [0, 0.1) is 5.92 Å². The standard InChI is InChI=1S/C15H31N3O4S/c1-15(2,3)22-14(19)18-9-6-13(7-10-18)12-16-8-11-23(20,21)17(4)5/h13,16H,6-12H2,1-5H3. The molecule has 1 aliphatic heterocycles. The van der Waals surface area contributed by atoms with Crippen LogP contribution in [-0.4, -0.2) is 75.3 Å². The largest absolute Gasteiger partial charge is 0.444 e. The molecule has 23 heavy (non-hydrogen) atoms. The van der Waals surface area contributed by atoms with Crippen LogP contribution < -0.4 is 5.32 Å². The Morgan fingerprint density at radius 2 is 1.83 bits per heavy atom. The molecule has 1 saturated heterocycles. The van der Waals surface area contributed by atoms with Crippen molar-refractivity contribution in [2.45, 2.75) is 39.2 Å². The molecular formula is C15H31N3O4S. The molecule has 0 atom stereocenters. The Kier molecular flexibility index (Phi) is 7.29. The maximum atomic E-state index is 12.0. The number of carbonyl (C=O) groups excluding carboxylic acids is 1. The van der Waals surface area contributed by atoms with Gasteiger partial charge in [-0.3, -0.25) is 0 Å². The van der Waals surface area contributed by atoms with Gasteiger partial charge in [0, 0.05) is 33.7 Å². The maximum absolute atomic E-state index is 12.0. The van der Waals surface area contributed by atoms with E-state index >= 15 is 0 Å². The van der Waals surface area contributed by atoms with Crippen LogP contribution in [0.5, 0.6) is 0 Å². The van der Waals surface area contributed by atoms with Crippen molar-refractivity contribution < 1.29 is 17.9 Å². The zero-order valence-electron chi connectivity index (χ0n) is 15.0. The first-order valence-electron chi connectivity index (χ1n) is 8.10. The van der Waals surface area contributed by atoms with E-state index in [0.717, 1.165) is 19.4 Å². The van der Waals surface area contributed by atoms with Crippen molar-refractivity contribution in [1.82, 2.24) is 14.5 Å². The number of carbonyl (C=O) groups is 1. The van der Waals surface area contributed by atoms with Gasteiger partial charge in [0.25, 0.3) is 0 Å². The van der Waals surface area contributed by atoms with Gasteiger partial charge in [0.15, 0.2) is 0 Å². The van der Waals surface area contributed by atoms with Gasteiger partial charge in [-0.2, -0.15) is 0 Å². The number of hydrogen-bond acceptors (Lipinski definition) is 5. The van der Waals surface area contributed by atoms with E-state index < -0.39 is 15.6 Å². The number of amides is 1. The van der Waals surface area contributed by atoms with Crippen molar-refractivity contribution in [1.29, 1.82) is 0 Å². The Hall–Kier alpha value is -0.860. The molecule has 136 valence electrons. The fourth-order valence-corrected chi connectivity index (χ4v) is 3.10. The van der Waals surface area contributed by atoms with E-state index in [9.17, 15) is 13.2 Å². The van der Waals surface area contributed by atoms with Gasteiger partial charge in [-0.15, -0.1) is 0 Å². The van der Waals surface area contributed by atoms with Crippen molar-refractivity contribution in [3.63, 3.8) is 0 Å². The van der Waals surface area contributed by atoms with Gasteiger partial charge in [-0.25, -0.2) is 17.5 Å². The molecule has 0 aromatic heterocycles. The van der Waals surface area contributed by atoms with Gasteiger partial charge in [0.1, 0.15) is 5.60 Å². The highest BCUT2D eigenvalue weighted by atomic mass is 32.2. The second-order valence-electron chi connectivity index (χ2n) is 7.21. The molecule has 0 spiro atoms. The number of sulfonamides is 1. The molecule has 0 saturated carbocycles. The zero-order chi connectivity index (χ0) is 17.7. The Morgan fingerprint density at radius 1 is 1.26 bits per heavy atom. The quantitative estimate of drug-likeness (QED) is 0.727. The fraction of sp³-hybridized carbons (Fsp3) is 0.933. The van der Waals surface area contributed by atoms with E-state index in [1.807, 2.05) is 20.8 Å². The highest BCUT2D eigenvalue weighted by Gasteiger charge is 2.26. The van der Waals surface area contributed by atoms with Crippen LogP contribution in [0.3, 0.4) is 0 Å². The lowest BCUT2D eigenvalue weighted by atomic mass is 9.97. The third kappa shape index (κ3) is 7.50. The minimum Gasteiger partial charge on any atom is -0.444 e. The molecule has 0 unspecified atom stereocenters. The first kappa shape index (κ1) is 20.2. The summed E-state index contributed by atoms with van der Waals surface area (Å²) in [5, 5.41) is 3.21. The van der Waals surface area contributed by atoms with Crippen molar-refractivity contribution in [2.75, 3.05) is 46.0 Å². The SMILES string of the molecule is CN(C)S(=O)(=O)CCNCC1CCN(C(=O)OC(C)(C)C)CC1. The highest BCUT2D eigenvalue weighted by molar-refractivity contribution is 7.89. The summed E-state index contributed by atoms with van der Waals surface area (Å²) >= 11 is 0. The van der Waals surface area contributed by atoms with Crippen LogP contribution in [0.15, 0.2) is 0 Å². The van der Waals surface area contributed by atoms with Crippen LogP contribution in [0.25, 0.3) is 0 Å². The molecule has 1 N–H and O–H groups in total. The highest BCUT2D eigenvalue weighted by Crippen LogP contribution is 2.19. The van der Waals surface area contributed by atoms with E-state index in [1.54, 1.807) is 19.0 Å². The Bertz CT molecular complexity index is 477. The van der Waals surface area contributed by atoms with Crippen LogP contribution >= 0.6 is 0 Å². The van der Waals surface area contributed by atoms with Crippen molar-refractivity contribution >= 4 is 16.1 Å². The predicted molar refractivity (Wildman–Crippen MR) is 90.9 cm³/mol. The number of nitrogens with zero attached hydrogens (tertiary/aromatic N) is 2. The molecule has 0 bridgehead atoms. The molecule has 1 heterocycles. The smallest absolute Gasteiger partial charge is 0.410 e. The summed E-state index contributed by atoms with van der Waals surface area (Å²) in [7, 11) is -0.0504. The lowest BCUT2D eigenvalue weighted by molar-refractivity contribution is 0.0184. The molecule has 1 amide bonds. The lowest BCUT2D eigenvalue weighted by Gasteiger charge is -2.33. The summed E-state index contributed by atoms with van der Waals surface area (Å²) in [5.41, 5.74) is -0.465. The average Bonchev–Trinajstić information content (AvgIpc) is 2.42. The lowest BCUT2D eigenvalue weighted by Crippen LogP contribution is -2.43. The van der Waals surface area contributed by atoms with E-state index in [0.29, 0.717) is 25.6 Å². The summed E-state index contributed by atoms with van der Waals surface area (Å²) in [4.78, 5) is 13.7. The monoisotopic (exact) mass is 349 g/mol. The zero-order valence-corrected chi connectivity index (χ0v) is 15.8. The Balaban J connectivity index is 2.23. The van der Waals surface area contributed by atoms with E-state index in [1.165, 1.54) is 4.31 Å².